The number of hydrogen-bond donors (Lipinski definition) is 0. The highest BCUT2D eigenvalue weighted by Gasteiger charge is 2.46. The van der Waals surface area contributed by atoms with Crippen LogP contribution < -0.4 is 31.3 Å². The molecular formula is C44H30BN3O. The molecule has 1 aromatic heterocycles. The van der Waals surface area contributed by atoms with Gasteiger partial charge in [0.25, 0.3) is 6.71 Å². The molecule has 0 bridgehead atoms. The van der Waals surface area contributed by atoms with Gasteiger partial charge in [-0.1, -0.05) is 91.0 Å². The molecule has 49 heavy (non-hydrogen) atoms. The molecule has 8 aromatic rings. The van der Waals surface area contributed by atoms with Crippen molar-refractivity contribution < 1.29 is 4.42 Å². The Morgan fingerprint density at radius 2 is 1.00 bits per heavy atom. The summed E-state index contributed by atoms with van der Waals surface area (Å²) in [5.74, 6) is 0. The van der Waals surface area contributed by atoms with Gasteiger partial charge < -0.3 is 19.1 Å². The quantitative estimate of drug-likeness (QED) is 0.177. The summed E-state index contributed by atoms with van der Waals surface area (Å²) >= 11 is 0. The fraction of sp³-hybridized carbons (Fsp3) is 0. The first-order chi connectivity index (χ1) is 24.3. The Morgan fingerprint density at radius 3 is 1.65 bits per heavy atom. The highest BCUT2D eigenvalue weighted by atomic mass is 16.3. The molecule has 0 aliphatic carbocycles. The lowest BCUT2D eigenvalue weighted by Gasteiger charge is -2.42. The van der Waals surface area contributed by atoms with Gasteiger partial charge in [-0.3, -0.25) is 0 Å². The number of para-hydroxylation sites is 5. The standard InChI is InChI=1S/C44H30BN3O/c1-5-16-31(17-6-1)46(32-18-7-2-8-19-32)35-28-29-38-37(30-35)45-42-39(47(38)33-20-9-3-10-21-33)25-15-26-40(42)48(34-22-11-4-12-23-34)43-36-24-13-14-27-41(36)49-44(43)45/h1-30H. The summed E-state index contributed by atoms with van der Waals surface area (Å²) in [6, 6.07) is 64.7. The predicted molar refractivity (Wildman–Crippen MR) is 205 cm³/mol. The van der Waals surface area contributed by atoms with Gasteiger partial charge in [-0.15, -0.1) is 0 Å². The summed E-state index contributed by atoms with van der Waals surface area (Å²) in [6.45, 7) is -0.128. The minimum absolute atomic E-state index is 0.128. The maximum absolute atomic E-state index is 6.99. The molecule has 0 saturated heterocycles. The van der Waals surface area contributed by atoms with Crippen LogP contribution in [0.4, 0.5) is 51.2 Å². The maximum Gasteiger partial charge on any atom is 0.297 e. The van der Waals surface area contributed by atoms with Crippen LogP contribution in [0, 0.1) is 0 Å². The number of benzene rings is 7. The largest absolute Gasteiger partial charge is 0.468 e. The Bertz CT molecular complexity index is 2420. The van der Waals surface area contributed by atoms with E-state index in [9.17, 15) is 0 Å². The van der Waals surface area contributed by atoms with Crippen LogP contribution in [0.3, 0.4) is 0 Å². The summed E-state index contributed by atoms with van der Waals surface area (Å²) in [6.07, 6.45) is 0. The van der Waals surface area contributed by atoms with Gasteiger partial charge >= 0.3 is 0 Å². The molecular weight excluding hydrogens is 597 g/mol. The van der Waals surface area contributed by atoms with Crippen molar-refractivity contribution in [2.24, 2.45) is 0 Å². The third-order valence-electron chi connectivity index (χ3n) is 9.79. The van der Waals surface area contributed by atoms with Crippen LogP contribution in [-0.2, 0) is 0 Å². The number of furan rings is 1. The molecule has 2 aliphatic rings. The summed E-state index contributed by atoms with van der Waals surface area (Å²) in [5.41, 5.74) is 14.4. The van der Waals surface area contributed by atoms with Crippen molar-refractivity contribution in [3.63, 3.8) is 0 Å². The van der Waals surface area contributed by atoms with Crippen LogP contribution >= 0.6 is 0 Å². The molecule has 4 nitrogen and oxygen atoms in total. The molecule has 2 aliphatic heterocycles. The molecule has 0 amide bonds. The Kier molecular flexibility index (Phi) is 6.24. The third-order valence-corrected chi connectivity index (χ3v) is 9.79. The number of fused-ring (bicyclic) bond motifs is 6. The van der Waals surface area contributed by atoms with E-state index in [-0.39, 0.29) is 6.71 Å². The van der Waals surface area contributed by atoms with E-state index in [1.165, 1.54) is 10.9 Å². The molecule has 230 valence electrons. The normalized spacial score (nSPS) is 12.8. The van der Waals surface area contributed by atoms with E-state index < -0.39 is 0 Å². The average Bonchev–Trinajstić information content (AvgIpc) is 3.56. The van der Waals surface area contributed by atoms with Gasteiger partial charge in [0.15, 0.2) is 0 Å². The number of anilines is 9. The summed E-state index contributed by atoms with van der Waals surface area (Å²) in [5, 5.41) is 1.11. The first-order valence-electron chi connectivity index (χ1n) is 16.7. The van der Waals surface area contributed by atoms with Gasteiger partial charge in [0.2, 0.25) is 0 Å². The van der Waals surface area contributed by atoms with Crippen molar-refractivity contribution in [3.8, 4) is 0 Å². The molecule has 10 rings (SSSR count). The molecule has 0 fully saturated rings. The lowest BCUT2D eigenvalue weighted by atomic mass is 9.35. The zero-order valence-corrected chi connectivity index (χ0v) is 26.6. The van der Waals surface area contributed by atoms with Gasteiger partial charge in [0.1, 0.15) is 5.58 Å². The summed E-state index contributed by atoms with van der Waals surface area (Å²) in [4.78, 5) is 7.16. The first kappa shape index (κ1) is 27.6. The zero-order chi connectivity index (χ0) is 32.3. The second-order valence-electron chi connectivity index (χ2n) is 12.5. The van der Waals surface area contributed by atoms with E-state index in [2.05, 4.69) is 197 Å². The lowest BCUT2D eigenvalue weighted by molar-refractivity contribution is 0.651. The molecule has 0 saturated carbocycles. The van der Waals surface area contributed by atoms with Crippen molar-refractivity contribution in [1.82, 2.24) is 0 Å². The smallest absolute Gasteiger partial charge is 0.297 e. The highest BCUT2D eigenvalue weighted by Crippen LogP contribution is 2.47. The molecule has 0 unspecified atom stereocenters. The number of hydrogen-bond acceptors (Lipinski definition) is 4. The molecule has 7 aromatic carbocycles. The Morgan fingerprint density at radius 1 is 0.449 bits per heavy atom. The second-order valence-corrected chi connectivity index (χ2v) is 12.5. The van der Waals surface area contributed by atoms with Crippen molar-refractivity contribution >= 4 is 85.5 Å². The Balaban J connectivity index is 1.29. The fourth-order valence-electron chi connectivity index (χ4n) is 7.80. The van der Waals surface area contributed by atoms with E-state index in [0.717, 1.165) is 67.8 Å². The van der Waals surface area contributed by atoms with Gasteiger partial charge in [-0.25, -0.2) is 0 Å². The van der Waals surface area contributed by atoms with Crippen LogP contribution in [0.15, 0.2) is 186 Å². The fourth-order valence-corrected chi connectivity index (χ4v) is 7.80. The van der Waals surface area contributed by atoms with Crippen LogP contribution in [0.5, 0.6) is 0 Å². The number of rotatable bonds is 5. The Hall–Kier alpha value is -6.46. The SMILES string of the molecule is c1ccc(N(c2ccccc2)c2ccc3c(c2)B2c4oc5ccccc5c4N(c4ccccc4)c4cccc(c42)N3c2ccccc2)cc1. The van der Waals surface area contributed by atoms with E-state index in [4.69, 9.17) is 4.42 Å². The molecule has 0 radical (unpaired) electrons. The average molecular weight is 628 g/mol. The minimum atomic E-state index is -0.128. The Labute approximate surface area is 285 Å². The van der Waals surface area contributed by atoms with E-state index >= 15 is 0 Å². The van der Waals surface area contributed by atoms with E-state index in [1.54, 1.807) is 0 Å². The first-order valence-corrected chi connectivity index (χ1v) is 16.7. The molecule has 5 heteroatoms. The second kappa shape index (κ2) is 11.1. The van der Waals surface area contributed by atoms with E-state index in [0.29, 0.717) is 0 Å². The van der Waals surface area contributed by atoms with Gasteiger partial charge in [-0.05, 0) is 102 Å². The van der Waals surface area contributed by atoms with Gasteiger partial charge in [-0.2, -0.15) is 0 Å². The van der Waals surface area contributed by atoms with Gasteiger partial charge in [0.05, 0.1) is 11.3 Å². The molecule has 3 heterocycles. The number of nitrogens with zero attached hydrogens (tertiary/aromatic N) is 3. The summed E-state index contributed by atoms with van der Waals surface area (Å²) in [7, 11) is 0. The van der Waals surface area contributed by atoms with Gasteiger partial charge in [0, 0.05) is 50.9 Å². The monoisotopic (exact) mass is 627 g/mol. The maximum atomic E-state index is 6.99. The van der Waals surface area contributed by atoms with Crippen LogP contribution in [0.2, 0.25) is 0 Å². The molecule has 0 atom stereocenters. The van der Waals surface area contributed by atoms with Crippen LogP contribution in [0.25, 0.3) is 11.0 Å². The van der Waals surface area contributed by atoms with Crippen LogP contribution in [0.1, 0.15) is 0 Å². The lowest BCUT2D eigenvalue weighted by Crippen LogP contribution is -2.61. The zero-order valence-electron chi connectivity index (χ0n) is 26.6. The van der Waals surface area contributed by atoms with Crippen LogP contribution in [-0.4, -0.2) is 6.71 Å². The topological polar surface area (TPSA) is 22.9 Å². The van der Waals surface area contributed by atoms with Crippen molar-refractivity contribution in [1.29, 1.82) is 0 Å². The third kappa shape index (κ3) is 4.26. The highest BCUT2D eigenvalue weighted by molar-refractivity contribution is 7.00. The van der Waals surface area contributed by atoms with Crippen molar-refractivity contribution in [2.45, 2.75) is 0 Å². The summed E-state index contributed by atoms with van der Waals surface area (Å²) < 4.78 is 6.99. The van der Waals surface area contributed by atoms with Crippen molar-refractivity contribution in [2.75, 3.05) is 14.7 Å². The molecule has 0 N–H and O–H groups in total. The predicted octanol–water partition coefficient (Wildman–Crippen LogP) is 9.99. The van der Waals surface area contributed by atoms with E-state index in [1.807, 2.05) is 0 Å². The van der Waals surface area contributed by atoms with Crippen molar-refractivity contribution in [3.05, 3.63) is 182 Å². The minimum Gasteiger partial charge on any atom is -0.468 e. The molecule has 0 spiro atoms.